The molecule has 0 bridgehead atoms. The van der Waals surface area contributed by atoms with Crippen molar-refractivity contribution in [1.29, 1.82) is 0 Å². The van der Waals surface area contributed by atoms with Crippen LogP contribution in [0.2, 0.25) is 5.02 Å². The Morgan fingerprint density at radius 3 is 2.59 bits per heavy atom. The Morgan fingerprint density at radius 2 is 1.84 bits per heavy atom. The van der Waals surface area contributed by atoms with Crippen molar-refractivity contribution in [3.8, 4) is 5.69 Å². The monoisotopic (exact) mass is 474 g/mol. The third kappa shape index (κ3) is 5.02. The van der Waals surface area contributed by atoms with Crippen molar-refractivity contribution in [3.63, 3.8) is 0 Å². The number of ether oxygens (including phenoxy) is 1. The maximum absolute atomic E-state index is 12.9. The molecule has 32 heavy (non-hydrogen) atoms. The zero-order chi connectivity index (χ0) is 22.6. The van der Waals surface area contributed by atoms with Gasteiger partial charge in [0.25, 0.3) is 5.91 Å². The molecule has 0 aliphatic carbocycles. The minimum absolute atomic E-state index is 0.0738. The van der Waals surface area contributed by atoms with E-state index in [0.717, 1.165) is 11.4 Å². The second-order valence-corrected chi connectivity index (χ2v) is 9.57. The van der Waals surface area contributed by atoms with Gasteiger partial charge in [-0.2, -0.15) is 9.40 Å². The molecule has 1 fully saturated rings. The molecule has 8 nitrogen and oxygen atoms in total. The van der Waals surface area contributed by atoms with Crippen LogP contribution in [0.1, 0.15) is 16.1 Å². The van der Waals surface area contributed by atoms with Crippen molar-refractivity contribution < 1.29 is 17.9 Å². The first-order valence-electron chi connectivity index (χ1n) is 10.2. The van der Waals surface area contributed by atoms with Gasteiger partial charge in [-0.15, -0.1) is 0 Å². The lowest BCUT2D eigenvalue weighted by atomic mass is 10.2. The van der Waals surface area contributed by atoms with E-state index in [-0.39, 0.29) is 34.5 Å². The number of amides is 1. The van der Waals surface area contributed by atoms with E-state index in [2.05, 4.69) is 10.4 Å². The average Bonchev–Trinajstić information content (AvgIpc) is 3.29. The summed E-state index contributed by atoms with van der Waals surface area (Å²) in [5.41, 5.74) is 2.02. The van der Waals surface area contributed by atoms with E-state index in [1.165, 1.54) is 22.5 Å². The molecule has 0 unspecified atom stereocenters. The van der Waals surface area contributed by atoms with Gasteiger partial charge in [0.05, 0.1) is 29.6 Å². The summed E-state index contributed by atoms with van der Waals surface area (Å²) < 4.78 is 34.2. The minimum atomic E-state index is -3.81. The quantitative estimate of drug-likeness (QED) is 0.568. The van der Waals surface area contributed by atoms with E-state index in [4.69, 9.17) is 16.3 Å². The normalized spacial score (nSPS) is 14.9. The molecule has 0 radical (unpaired) electrons. The average molecular weight is 475 g/mol. The Kier molecular flexibility index (Phi) is 6.90. The molecule has 1 aliphatic rings. The standard InChI is InChI=1S/C22H23ClN4O4S/c23-20-7-6-17(16-21(20)32(29,30)26-12-14-31-15-13-26)22(28)24-10-8-18-9-11-27(25-18)19-4-2-1-3-5-19/h1-7,9,11,16H,8,10,12-15H2,(H,24,28). The van der Waals surface area contributed by atoms with Gasteiger partial charge in [-0.3, -0.25) is 4.79 Å². The number of hydrogen-bond acceptors (Lipinski definition) is 5. The van der Waals surface area contributed by atoms with Gasteiger partial charge in [0.15, 0.2) is 0 Å². The molecule has 10 heteroatoms. The van der Waals surface area contributed by atoms with Crippen LogP contribution in [-0.2, 0) is 21.2 Å². The van der Waals surface area contributed by atoms with Gasteiger partial charge in [0.2, 0.25) is 10.0 Å². The first kappa shape index (κ1) is 22.5. The number of carbonyl (C=O) groups is 1. The number of nitrogens with zero attached hydrogens (tertiary/aromatic N) is 3. The molecule has 4 rings (SSSR count). The largest absolute Gasteiger partial charge is 0.379 e. The van der Waals surface area contributed by atoms with E-state index in [0.29, 0.717) is 26.2 Å². The van der Waals surface area contributed by atoms with Crippen molar-refractivity contribution in [3.05, 3.63) is 77.1 Å². The van der Waals surface area contributed by atoms with E-state index in [9.17, 15) is 13.2 Å². The molecule has 1 saturated heterocycles. The van der Waals surface area contributed by atoms with Crippen LogP contribution in [0.25, 0.3) is 5.69 Å². The number of sulfonamides is 1. The molecule has 1 aliphatic heterocycles. The number of benzene rings is 2. The second kappa shape index (κ2) is 9.83. The van der Waals surface area contributed by atoms with Gasteiger partial charge in [0.1, 0.15) is 4.90 Å². The van der Waals surface area contributed by atoms with Crippen molar-refractivity contribution in [2.24, 2.45) is 0 Å². The minimum Gasteiger partial charge on any atom is -0.379 e. The van der Waals surface area contributed by atoms with E-state index >= 15 is 0 Å². The number of nitrogens with one attached hydrogen (secondary N) is 1. The van der Waals surface area contributed by atoms with Crippen LogP contribution in [0.5, 0.6) is 0 Å². The molecule has 0 atom stereocenters. The second-order valence-electron chi connectivity index (χ2n) is 7.25. The maximum Gasteiger partial charge on any atom is 0.251 e. The summed E-state index contributed by atoms with van der Waals surface area (Å²) in [7, 11) is -3.81. The van der Waals surface area contributed by atoms with Gasteiger partial charge >= 0.3 is 0 Å². The fraction of sp³-hybridized carbons (Fsp3) is 0.273. The zero-order valence-electron chi connectivity index (χ0n) is 17.3. The number of halogens is 1. The zero-order valence-corrected chi connectivity index (χ0v) is 18.8. The Hall–Kier alpha value is -2.72. The Labute approximate surface area is 191 Å². The highest BCUT2D eigenvalue weighted by Crippen LogP contribution is 2.26. The number of hydrogen-bond donors (Lipinski definition) is 1. The molecule has 1 N–H and O–H groups in total. The molecule has 2 heterocycles. The van der Waals surface area contributed by atoms with Crippen molar-refractivity contribution in [2.45, 2.75) is 11.3 Å². The summed E-state index contributed by atoms with van der Waals surface area (Å²) in [5, 5.41) is 7.41. The summed E-state index contributed by atoms with van der Waals surface area (Å²) in [6.45, 7) is 1.53. The number of morpholine rings is 1. The lowest BCUT2D eigenvalue weighted by molar-refractivity contribution is 0.0730. The molecular formula is C22H23ClN4O4S. The molecule has 1 aromatic heterocycles. The van der Waals surface area contributed by atoms with E-state index in [1.54, 1.807) is 4.68 Å². The number of aromatic nitrogens is 2. The smallest absolute Gasteiger partial charge is 0.251 e. The first-order valence-corrected chi connectivity index (χ1v) is 12.0. The van der Waals surface area contributed by atoms with E-state index in [1.807, 2.05) is 42.6 Å². The van der Waals surface area contributed by atoms with Gasteiger partial charge in [-0.25, -0.2) is 13.1 Å². The van der Waals surface area contributed by atoms with Crippen LogP contribution in [0.15, 0.2) is 65.7 Å². The molecular weight excluding hydrogens is 452 g/mol. The van der Waals surface area contributed by atoms with E-state index < -0.39 is 10.0 Å². The van der Waals surface area contributed by atoms with Crippen molar-refractivity contribution in [1.82, 2.24) is 19.4 Å². The molecule has 2 aromatic carbocycles. The predicted octanol–water partition coefficient (Wildman–Crippen LogP) is 2.52. The predicted molar refractivity (Wildman–Crippen MR) is 121 cm³/mol. The van der Waals surface area contributed by atoms with Gasteiger partial charge in [0, 0.05) is 37.8 Å². The highest BCUT2D eigenvalue weighted by molar-refractivity contribution is 7.89. The lowest BCUT2D eigenvalue weighted by Crippen LogP contribution is -2.40. The highest BCUT2D eigenvalue weighted by Gasteiger charge is 2.29. The maximum atomic E-state index is 12.9. The number of para-hydroxylation sites is 1. The summed E-state index contributed by atoms with van der Waals surface area (Å²) >= 11 is 6.16. The van der Waals surface area contributed by atoms with Crippen LogP contribution < -0.4 is 5.32 Å². The third-order valence-corrected chi connectivity index (χ3v) is 7.49. The van der Waals surface area contributed by atoms with Crippen LogP contribution in [0, 0.1) is 0 Å². The Morgan fingerprint density at radius 1 is 1.09 bits per heavy atom. The van der Waals surface area contributed by atoms with Crippen molar-refractivity contribution >= 4 is 27.5 Å². The van der Waals surface area contributed by atoms with Crippen LogP contribution >= 0.6 is 11.6 Å². The summed E-state index contributed by atoms with van der Waals surface area (Å²) in [4.78, 5) is 12.5. The fourth-order valence-corrected chi connectivity index (χ4v) is 5.30. The van der Waals surface area contributed by atoms with Gasteiger partial charge < -0.3 is 10.1 Å². The number of rotatable bonds is 7. The lowest BCUT2D eigenvalue weighted by Gasteiger charge is -2.26. The Bertz CT molecular complexity index is 1190. The van der Waals surface area contributed by atoms with Crippen LogP contribution in [-0.4, -0.2) is 61.3 Å². The van der Waals surface area contributed by atoms with Gasteiger partial charge in [-0.1, -0.05) is 29.8 Å². The summed E-state index contributed by atoms with van der Waals surface area (Å²) in [6, 6.07) is 15.9. The van der Waals surface area contributed by atoms with Crippen LogP contribution in [0.3, 0.4) is 0 Å². The molecule has 3 aromatic rings. The molecule has 0 spiro atoms. The summed E-state index contributed by atoms with van der Waals surface area (Å²) in [6.07, 6.45) is 2.41. The van der Waals surface area contributed by atoms with Crippen LogP contribution in [0.4, 0.5) is 0 Å². The summed E-state index contributed by atoms with van der Waals surface area (Å²) in [5.74, 6) is -0.373. The molecule has 1 amide bonds. The number of carbonyl (C=O) groups excluding carboxylic acids is 1. The molecule has 0 saturated carbocycles. The molecule has 168 valence electrons. The SMILES string of the molecule is O=C(NCCc1ccn(-c2ccccc2)n1)c1ccc(Cl)c(S(=O)(=O)N2CCOCC2)c1. The van der Waals surface area contributed by atoms with Crippen molar-refractivity contribution in [2.75, 3.05) is 32.8 Å². The van der Waals surface area contributed by atoms with Gasteiger partial charge in [-0.05, 0) is 36.4 Å². The third-order valence-electron chi connectivity index (χ3n) is 5.11. The Balaban J connectivity index is 1.40. The first-order chi connectivity index (χ1) is 15.4. The topological polar surface area (TPSA) is 93.5 Å². The highest BCUT2D eigenvalue weighted by atomic mass is 35.5. The fourth-order valence-electron chi connectivity index (χ4n) is 3.39.